The molecule has 0 amide bonds. The van der Waals surface area contributed by atoms with Gasteiger partial charge < -0.3 is 4.74 Å². The second kappa shape index (κ2) is 6.44. The summed E-state index contributed by atoms with van der Waals surface area (Å²) < 4.78 is 5.37. The average molecular weight is 255 g/mol. The standard InChI is InChI=1S/C12H21N3OS/c1-9-14-12(8-17-9)7-11(15-13)6-10-2-4-16-5-3-10/h8,10-11,15H,2-7,13H2,1H3. The van der Waals surface area contributed by atoms with E-state index >= 15 is 0 Å². The predicted molar refractivity (Wildman–Crippen MR) is 69.8 cm³/mol. The van der Waals surface area contributed by atoms with E-state index in [4.69, 9.17) is 10.6 Å². The maximum absolute atomic E-state index is 5.64. The van der Waals surface area contributed by atoms with Gasteiger partial charge in [-0.2, -0.15) is 0 Å². The number of rotatable bonds is 5. The number of nitrogens with one attached hydrogen (secondary N) is 1. The van der Waals surface area contributed by atoms with Gasteiger partial charge in [0.2, 0.25) is 0 Å². The molecule has 0 spiro atoms. The molecule has 96 valence electrons. The number of ether oxygens (including phenoxy) is 1. The molecule has 2 heterocycles. The van der Waals surface area contributed by atoms with Crippen LogP contribution in [0.15, 0.2) is 5.38 Å². The van der Waals surface area contributed by atoms with Crippen LogP contribution in [0.1, 0.15) is 30.0 Å². The van der Waals surface area contributed by atoms with Crippen LogP contribution in [0.5, 0.6) is 0 Å². The number of aromatic nitrogens is 1. The third kappa shape index (κ3) is 4.03. The van der Waals surface area contributed by atoms with E-state index in [1.165, 1.54) is 0 Å². The highest BCUT2D eigenvalue weighted by Crippen LogP contribution is 2.21. The Balaban J connectivity index is 1.83. The van der Waals surface area contributed by atoms with Crippen molar-refractivity contribution >= 4 is 11.3 Å². The zero-order chi connectivity index (χ0) is 12.1. The Morgan fingerprint density at radius 1 is 1.59 bits per heavy atom. The van der Waals surface area contributed by atoms with E-state index in [2.05, 4.69) is 15.8 Å². The molecule has 2 rings (SSSR count). The quantitative estimate of drug-likeness (QED) is 0.620. The van der Waals surface area contributed by atoms with Crippen molar-refractivity contribution in [1.29, 1.82) is 0 Å². The molecule has 1 fully saturated rings. The fourth-order valence-electron chi connectivity index (χ4n) is 2.35. The number of nitrogens with two attached hydrogens (primary N) is 1. The molecule has 5 heteroatoms. The van der Waals surface area contributed by atoms with Crippen molar-refractivity contribution in [3.8, 4) is 0 Å². The average Bonchev–Trinajstić information content (AvgIpc) is 2.75. The molecule has 1 aliphatic rings. The van der Waals surface area contributed by atoms with Gasteiger partial charge in [0.15, 0.2) is 0 Å². The van der Waals surface area contributed by atoms with Gasteiger partial charge in [0.05, 0.1) is 10.7 Å². The molecule has 1 aliphatic heterocycles. The van der Waals surface area contributed by atoms with Gasteiger partial charge in [-0.15, -0.1) is 11.3 Å². The summed E-state index contributed by atoms with van der Waals surface area (Å²) in [6, 6.07) is 0.333. The monoisotopic (exact) mass is 255 g/mol. The molecule has 0 radical (unpaired) electrons. The zero-order valence-electron chi connectivity index (χ0n) is 10.3. The summed E-state index contributed by atoms with van der Waals surface area (Å²) in [5.41, 5.74) is 4.09. The number of nitrogens with zero attached hydrogens (tertiary/aromatic N) is 1. The fourth-order valence-corrected chi connectivity index (χ4v) is 2.97. The van der Waals surface area contributed by atoms with Crippen molar-refractivity contribution in [3.05, 3.63) is 16.1 Å². The molecule has 0 saturated carbocycles. The van der Waals surface area contributed by atoms with Gasteiger partial charge in [0, 0.05) is 31.1 Å². The van der Waals surface area contributed by atoms with E-state index in [9.17, 15) is 0 Å². The molecule has 0 bridgehead atoms. The van der Waals surface area contributed by atoms with Crippen LogP contribution < -0.4 is 11.3 Å². The van der Waals surface area contributed by atoms with Crippen LogP contribution in [0.25, 0.3) is 0 Å². The molecule has 1 atom stereocenters. The first-order valence-corrected chi connectivity index (χ1v) is 7.10. The molecule has 4 nitrogen and oxygen atoms in total. The van der Waals surface area contributed by atoms with Crippen molar-refractivity contribution < 1.29 is 4.74 Å². The third-order valence-electron chi connectivity index (χ3n) is 3.32. The zero-order valence-corrected chi connectivity index (χ0v) is 11.1. The van der Waals surface area contributed by atoms with Crippen molar-refractivity contribution in [2.75, 3.05) is 13.2 Å². The van der Waals surface area contributed by atoms with Gasteiger partial charge in [-0.3, -0.25) is 11.3 Å². The smallest absolute Gasteiger partial charge is 0.0897 e. The minimum Gasteiger partial charge on any atom is -0.381 e. The highest BCUT2D eigenvalue weighted by molar-refractivity contribution is 7.09. The molecular formula is C12H21N3OS. The van der Waals surface area contributed by atoms with E-state index in [1.54, 1.807) is 11.3 Å². The van der Waals surface area contributed by atoms with Crippen molar-refractivity contribution in [1.82, 2.24) is 10.4 Å². The van der Waals surface area contributed by atoms with Gasteiger partial charge in [0.25, 0.3) is 0 Å². The summed E-state index contributed by atoms with van der Waals surface area (Å²) in [4.78, 5) is 4.49. The Labute approximate surface area is 107 Å². The number of hydrogen-bond donors (Lipinski definition) is 2. The van der Waals surface area contributed by atoms with Crippen LogP contribution in [0.4, 0.5) is 0 Å². The first-order chi connectivity index (χ1) is 8.28. The Bertz CT molecular complexity index is 336. The summed E-state index contributed by atoms with van der Waals surface area (Å²) in [5, 5.41) is 3.26. The Morgan fingerprint density at radius 3 is 2.94 bits per heavy atom. The second-order valence-electron chi connectivity index (χ2n) is 4.72. The van der Waals surface area contributed by atoms with Crippen LogP contribution >= 0.6 is 11.3 Å². The lowest BCUT2D eigenvalue weighted by molar-refractivity contribution is 0.0605. The van der Waals surface area contributed by atoms with Crippen molar-refractivity contribution in [2.24, 2.45) is 11.8 Å². The molecule has 0 aliphatic carbocycles. The number of hydrogen-bond acceptors (Lipinski definition) is 5. The minimum absolute atomic E-state index is 0.333. The van der Waals surface area contributed by atoms with Gasteiger partial charge in [-0.1, -0.05) is 0 Å². The largest absolute Gasteiger partial charge is 0.381 e. The lowest BCUT2D eigenvalue weighted by Crippen LogP contribution is -2.39. The number of hydrazine groups is 1. The summed E-state index contributed by atoms with van der Waals surface area (Å²) >= 11 is 1.70. The summed E-state index contributed by atoms with van der Waals surface area (Å²) in [6.07, 6.45) is 4.37. The van der Waals surface area contributed by atoms with Crippen LogP contribution in [0.3, 0.4) is 0 Å². The molecule has 3 N–H and O–H groups in total. The topological polar surface area (TPSA) is 60.2 Å². The Morgan fingerprint density at radius 2 is 2.35 bits per heavy atom. The van der Waals surface area contributed by atoms with E-state index in [1.807, 2.05) is 6.92 Å². The lowest BCUT2D eigenvalue weighted by Gasteiger charge is -2.26. The van der Waals surface area contributed by atoms with Crippen molar-refractivity contribution in [2.45, 2.75) is 38.6 Å². The fraction of sp³-hybridized carbons (Fsp3) is 0.750. The highest BCUT2D eigenvalue weighted by atomic mass is 32.1. The summed E-state index contributed by atoms with van der Waals surface area (Å²) in [6.45, 7) is 3.84. The number of aryl methyl sites for hydroxylation is 1. The van der Waals surface area contributed by atoms with Gasteiger partial charge in [-0.25, -0.2) is 4.98 Å². The van der Waals surface area contributed by atoms with Gasteiger partial charge in [0.1, 0.15) is 0 Å². The predicted octanol–water partition coefficient (Wildman–Crippen LogP) is 1.64. The molecular weight excluding hydrogens is 234 g/mol. The van der Waals surface area contributed by atoms with E-state index < -0.39 is 0 Å². The van der Waals surface area contributed by atoms with Gasteiger partial charge in [-0.05, 0) is 32.1 Å². The molecule has 0 aromatic carbocycles. The van der Waals surface area contributed by atoms with E-state index in [-0.39, 0.29) is 0 Å². The molecule has 17 heavy (non-hydrogen) atoms. The number of thiazole rings is 1. The Kier molecular flexibility index (Phi) is 4.91. The van der Waals surface area contributed by atoms with Crippen LogP contribution in [-0.2, 0) is 11.2 Å². The summed E-state index contributed by atoms with van der Waals surface area (Å²) in [5.74, 6) is 6.38. The lowest BCUT2D eigenvalue weighted by atomic mass is 9.91. The minimum atomic E-state index is 0.333. The first kappa shape index (κ1) is 13.0. The Hall–Kier alpha value is -0.490. The van der Waals surface area contributed by atoms with Crippen LogP contribution in [0.2, 0.25) is 0 Å². The molecule has 1 aromatic heterocycles. The summed E-state index contributed by atoms with van der Waals surface area (Å²) in [7, 11) is 0. The van der Waals surface area contributed by atoms with E-state index in [0.717, 1.165) is 55.5 Å². The maximum atomic E-state index is 5.64. The van der Waals surface area contributed by atoms with Crippen LogP contribution in [0, 0.1) is 12.8 Å². The van der Waals surface area contributed by atoms with Crippen molar-refractivity contribution in [3.63, 3.8) is 0 Å². The SMILES string of the molecule is Cc1nc(CC(CC2CCOCC2)NN)cs1. The van der Waals surface area contributed by atoms with Gasteiger partial charge >= 0.3 is 0 Å². The van der Waals surface area contributed by atoms with E-state index in [0.29, 0.717) is 6.04 Å². The highest BCUT2D eigenvalue weighted by Gasteiger charge is 2.19. The maximum Gasteiger partial charge on any atom is 0.0897 e. The second-order valence-corrected chi connectivity index (χ2v) is 5.78. The van der Waals surface area contributed by atoms with Crippen LogP contribution in [-0.4, -0.2) is 24.2 Å². The molecule has 1 unspecified atom stereocenters. The molecule has 1 saturated heterocycles. The normalized spacial score (nSPS) is 19.4. The third-order valence-corrected chi connectivity index (χ3v) is 4.14. The first-order valence-electron chi connectivity index (χ1n) is 6.23. The molecule has 1 aromatic rings.